The highest BCUT2D eigenvalue weighted by Crippen LogP contribution is 2.47. The van der Waals surface area contributed by atoms with Crippen molar-refractivity contribution in [3.8, 4) is 27.9 Å². The van der Waals surface area contributed by atoms with E-state index in [-0.39, 0.29) is 12.3 Å². The van der Waals surface area contributed by atoms with Crippen molar-refractivity contribution in [2.45, 2.75) is 39.0 Å². The van der Waals surface area contributed by atoms with Crippen LogP contribution in [-0.2, 0) is 12.8 Å². The van der Waals surface area contributed by atoms with E-state index in [1.165, 1.54) is 99.5 Å². The summed E-state index contributed by atoms with van der Waals surface area (Å²) in [6.07, 6.45) is 1.99. The molecule has 2 unspecified atom stereocenters. The second-order valence-corrected chi connectivity index (χ2v) is 15.7. The monoisotopic (exact) mass is 762 g/mol. The van der Waals surface area contributed by atoms with Gasteiger partial charge in [0.2, 0.25) is 0 Å². The first-order valence-corrected chi connectivity index (χ1v) is 21.1. The summed E-state index contributed by atoms with van der Waals surface area (Å²) < 4.78 is 5.02. The summed E-state index contributed by atoms with van der Waals surface area (Å²) in [5.41, 5.74) is 16.7. The number of aryl methyl sites for hydroxylation is 1. The van der Waals surface area contributed by atoms with Gasteiger partial charge in [0.05, 0.1) is 22.6 Å². The minimum absolute atomic E-state index is 0.0637. The lowest BCUT2D eigenvalue weighted by atomic mass is 9.88. The van der Waals surface area contributed by atoms with Crippen LogP contribution >= 0.6 is 0 Å². The Morgan fingerprint density at radius 1 is 0.542 bits per heavy atom. The summed E-state index contributed by atoms with van der Waals surface area (Å²) in [7, 11) is 2.28. The molecule has 286 valence electrons. The predicted molar refractivity (Wildman–Crippen MR) is 249 cm³/mol. The van der Waals surface area contributed by atoms with E-state index in [9.17, 15) is 0 Å². The Bertz CT molecular complexity index is 3190. The fourth-order valence-electron chi connectivity index (χ4n) is 10.2. The van der Waals surface area contributed by atoms with Gasteiger partial charge in [0.1, 0.15) is 0 Å². The molecule has 0 saturated carbocycles. The Kier molecular flexibility index (Phi) is 8.49. The lowest BCUT2D eigenvalue weighted by Gasteiger charge is -2.43. The number of para-hydroxylation sites is 3. The molecule has 0 bridgehead atoms. The smallest absolute Gasteiger partial charge is 0.162 e. The topological polar surface area (TPSA) is 25.1 Å². The highest BCUT2D eigenvalue weighted by molar-refractivity contribution is 6.19. The van der Waals surface area contributed by atoms with Gasteiger partial charge in [0.15, 0.2) is 6.29 Å². The van der Waals surface area contributed by atoms with Gasteiger partial charge in [-0.3, -0.25) is 4.90 Å². The molecule has 2 aliphatic rings. The molecule has 0 radical (unpaired) electrons. The van der Waals surface area contributed by atoms with Gasteiger partial charge < -0.3 is 14.5 Å². The molecule has 4 heteroatoms. The van der Waals surface area contributed by atoms with Crippen LogP contribution in [0.4, 0.5) is 5.69 Å². The van der Waals surface area contributed by atoms with Crippen LogP contribution in [0.5, 0.6) is 0 Å². The summed E-state index contributed by atoms with van der Waals surface area (Å²) in [5, 5.41) is 10.4. The van der Waals surface area contributed by atoms with Crippen molar-refractivity contribution in [2.75, 3.05) is 12.4 Å². The number of nitrogens with zero attached hydrogens (tertiary/aromatic N) is 3. The summed E-state index contributed by atoms with van der Waals surface area (Å²) >= 11 is 0. The quantitative estimate of drug-likeness (QED) is 0.193. The van der Waals surface area contributed by atoms with E-state index in [0.29, 0.717) is 0 Å². The Morgan fingerprint density at radius 3 is 2.12 bits per heavy atom. The SMILES string of the molecule is CC.CN1C(c2ccc(-c3ccc4c(c3)c3ccc5ccccc5c3n4-c3ccccc3)cc2)c2ccccc2NC1n1c2c(c3ccccc31)-c1ccccc1CC2. The Labute approximate surface area is 345 Å². The molecular weight excluding hydrogens is 717 g/mol. The lowest BCUT2D eigenvalue weighted by Crippen LogP contribution is -2.42. The third kappa shape index (κ3) is 5.47. The van der Waals surface area contributed by atoms with E-state index in [4.69, 9.17) is 0 Å². The largest absolute Gasteiger partial charge is 0.352 e. The van der Waals surface area contributed by atoms with Crippen molar-refractivity contribution < 1.29 is 0 Å². The summed E-state index contributed by atoms with van der Waals surface area (Å²) in [6.45, 7) is 4.00. The molecule has 2 atom stereocenters. The minimum atomic E-state index is -0.0658. The van der Waals surface area contributed by atoms with E-state index in [1.54, 1.807) is 0 Å². The van der Waals surface area contributed by atoms with Crippen molar-refractivity contribution in [3.63, 3.8) is 0 Å². The summed E-state index contributed by atoms with van der Waals surface area (Å²) in [4.78, 5) is 2.53. The second-order valence-electron chi connectivity index (χ2n) is 15.7. The van der Waals surface area contributed by atoms with Crippen LogP contribution in [0.1, 0.15) is 48.6 Å². The van der Waals surface area contributed by atoms with Crippen molar-refractivity contribution in [1.82, 2.24) is 14.0 Å². The molecule has 1 N–H and O–H groups in total. The third-order valence-corrected chi connectivity index (χ3v) is 12.7. The van der Waals surface area contributed by atoms with Gasteiger partial charge in [0, 0.05) is 44.2 Å². The fourth-order valence-corrected chi connectivity index (χ4v) is 10.2. The van der Waals surface area contributed by atoms with Crippen molar-refractivity contribution in [3.05, 3.63) is 204 Å². The molecule has 0 fully saturated rings. The first-order valence-electron chi connectivity index (χ1n) is 21.1. The van der Waals surface area contributed by atoms with E-state index in [1.807, 2.05) is 13.8 Å². The van der Waals surface area contributed by atoms with Gasteiger partial charge in [-0.05, 0) is 95.1 Å². The zero-order valence-electron chi connectivity index (χ0n) is 33.7. The van der Waals surface area contributed by atoms with Crippen LogP contribution in [0.15, 0.2) is 182 Å². The van der Waals surface area contributed by atoms with Gasteiger partial charge in [0.25, 0.3) is 0 Å². The van der Waals surface area contributed by atoms with Crippen LogP contribution in [0.2, 0.25) is 0 Å². The maximum atomic E-state index is 4.00. The van der Waals surface area contributed by atoms with E-state index in [0.717, 1.165) is 12.8 Å². The summed E-state index contributed by atoms with van der Waals surface area (Å²) in [5.74, 6) is 0. The van der Waals surface area contributed by atoms with Crippen LogP contribution in [-0.4, -0.2) is 21.1 Å². The zero-order valence-corrected chi connectivity index (χ0v) is 33.7. The molecule has 1 aliphatic carbocycles. The molecule has 8 aromatic carbocycles. The first-order chi connectivity index (χ1) is 29.2. The number of fused-ring (bicyclic) bond motifs is 11. The van der Waals surface area contributed by atoms with E-state index in [2.05, 4.69) is 208 Å². The molecule has 1 aliphatic heterocycles. The standard InChI is InChI=1S/C53H40N4.C2H6/c1-55-51(43-19-9-11-21-46(43)54-53(55)57-47-22-12-10-20-44(47)50-40-17-7-5-13-35(40)28-32-49(50)57)37-25-23-34(24-26-37)38-29-31-48-45(33-38)42-30-27-36-14-6-8-18-41(36)52(42)56(48)39-15-3-2-4-16-39;1-2/h2-27,29-31,33,51,53-54H,28,32H2,1H3;1-2H3. The van der Waals surface area contributed by atoms with Crippen LogP contribution in [0.3, 0.4) is 0 Å². The average molecular weight is 763 g/mol. The second kappa shape index (κ2) is 14.2. The van der Waals surface area contributed by atoms with Crippen molar-refractivity contribution >= 4 is 49.2 Å². The van der Waals surface area contributed by atoms with Gasteiger partial charge in [-0.1, -0.05) is 159 Å². The number of anilines is 1. The molecule has 3 heterocycles. The molecule has 12 rings (SSSR count). The number of hydrogen-bond donors (Lipinski definition) is 1. The van der Waals surface area contributed by atoms with Crippen LogP contribution < -0.4 is 5.32 Å². The van der Waals surface area contributed by atoms with Gasteiger partial charge in [-0.15, -0.1) is 0 Å². The van der Waals surface area contributed by atoms with Crippen molar-refractivity contribution in [1.29, 1.82) is 0 Å². The molecular formula is C55H46N4. The maximum Gasteiger partial charge on any atom is 0.162 e. The van der Waals surface area contributed by atoms with Crippen LogP contribution in [0, 0.1) is 0 Å². The maximum absolute atomic E-state index is 4.00. The normalized spacial score (nSPS) is 16.0. The third-order valence-electron chi connectivity index (χ3n) is 12.7. The molecule has 0 spiro atoms. The average Bonchev–Trinajstić information content (AvgIpc) is 3.83. The van der Waals surface area contributed by atoms with Gasteiger partial charge in [-0.2, -0.15) is 0 Å². The van der Waals surface area contributed by atoms with Crippen LogP contribution in [0.25, 0.3) is 71.4 Å². The summed E-state index contributed by atoms with van der Waals surface area (Å²) in [6, 6.07) is 67.2. The minimum Gasteiger partial charge on any atom is -0.352 e. The van der Waals surface area contributed by atoms with Gasteiger partial charge >= 0.3 is 0 Å². The molecule has 59 heavy (non-hydrogen) atoms. The van der Waals surface area contributed by atoms with Gasteiger partial charge in [-0.25, -0.2) is 0 Å². The zero-order chi connectivity index (χ0) is 39.6. The number of benzene rings is 8. The fraction of sp³-hybridized carbons (Fsp3) is 0.127. The molecule has 2 aromatic heterocycles. The van der Waals surface area contributed by atoms with Crippen molar-refractivity contribution in [2.24, 2.45) is 0 Å². The Balaban J connectivity index is 0.00000196. The van der Waals surface area contributed by atoms with E-state index >= 15 is 0 Å². The lowest BCUT2D eigenvalue weighted by molar-refractivity contribution is 0.154. The molecule has 0 amide bonds. The predicted octanol–water partition coefficient (Wildman–Crippen LogP) is 14.0. The Morgan fingerprint density at radius 2 is 1.25 bits per heavy atom. The Hall–Kier alpha value is -6.88. The number of nitrogens with one attached hydrogen (secondary N) is 1. The van der Waals surface area contributed by atoms with E-state index < -0.39 is 0 Å². The number of hydrogen-bond acceptors (Lipinski definition) is 2. The number of rotatable bonds is 4. The first kappa shape index (κ1) is 35.3. The number of aromatic nitrogens is 2. The highest BCUT2D eigenvalue weighted by atomic mass is 15.4. The molecule has 10 aromatic rings. The molecule has 4 nitrogen and oxygen atoms in total. The highest BCUT2D eigenvalue weighted by Gasteiger charge is 2.37. The molecule has 0 saturated heterocycles.